The molecule has 9 nitrogen and oxygen atoms in total. The molecule has 2 aromatic carbocycles. The molecule has 0 bridgehead atoms. The van der Waals surface area contributed by atoms with Gasteiger partial charge in [-0.15, -0.1) is 0 Å². The summed E-state index contributed by atoms with van der Waals surface area (Å²) >= 11 is 0. The van der Waals surface area contributed by atoms with Crippen molar-refractivity contribution in [1.29, 1.82) is 10.8 Å². The number of aromatic hydroxyl groups is 1. The van der Waals surface area contributed by atoms with Crippen LogP contribution < -0.4 is 21.3 Å². The average molecular weight is 438 g/mol. The van der Waals surface area contributed by atoms with Crippen LogP contribution in [0.1, 0.15) is 25.0 Å². The Labute approximate surface area is 188 Å². The number of phenolic OH excluding ortho intramolecular Hbond substituents is 1. The molecule has 1 aliphatic rings. The third kappa shape index (κ3) is 4.67. The fraction of sp³-hybridized carbons (Fsp3) is 0.348. The number of piperazine rings is 1. The second-order valence-electron chi connectivity index (χ2n) is 8.35. The smallest absolute Gasteiger partial charge is 0.325 e. The van der Waals surface area contributed by atoms with E-state index in [1.807, 2.05) is 26.0 Å². The maximum Gasteiger partial charge on any atom is 0.325 e. The molecule has 1 saturated heterocycles. The van der Waals surface area contributed by atoms with Gasteiger partial charge in [-0.05, 0) is 43.3 Å². The predicted molar refractivity (Wildman–Crippen MR) is 129 cm³/mol. The van der Waals surface area contributed by atoms with E-state index in [0.29, 0.717) is 11.3 Å². The molecular formula is C23H31N7O2. The number of likely N-dealkylation sites (N-methyl/N-ethyl adjacent to an activating group) is 1. The lowest BCUT2D eigenvalue weighted by Gasteiger charge is -2.34. The van der Waals surface area contributed by atoms with Gasteiger partial charge in [0, 0.05) is 54.9 Å². The van der Waals surface area contributed by atoms with E-state index in [2.05, 4.69) is 16.8 Å². The Kier molecular flexibility index (Phi) is 6.69. The van der Waals surface area contributed by atoms with Crippen molar-refractivity contribution < 1.29 is 9.90 Å². The van der Waals surface area contributed by atoms with Gasteiger partial charge in [0.05, 0.1) is 11.3 Å². The molecule has 9 heteroatoms. The number of hydrogen-bond donors (Lipinski definition) is 5. The van der Waals surface area contributed by atoms with E-state index in [1.165, 1.54) is 12.1 Å². The molecule has 0 saturated carbocycles. The SMILES string of the molecule is CC(C)C(=N)c1cc(C(=N)N(C(N)=O)c2ccc(N3CCN(C)CC3)cc2)c(O)cc1N. The molecule has 1 fully saturated rings. The monoisotopic (exact) mass is 437 g/mol. The van der Waals surface area contributed by atoms with Crippen LogP contribution in [0.15, 0.2) is 36.4 Å². The van der Waals surface area contributed by atoms with Crippen LogP contribution in [-0.4, -0.2) is 60.8 Å². The molecule has 2 amide bonds. The van der Waals surface area contributed by atoms with E-state index in [4.69, 9.17) is 22.3 Å². The van der Waals surface area contributed by atoms with Gasteiger partial charge in [-0.2, -0.15) is 0 Å². The zero-order valence-electron chi connectivity index (χ0n) is 18.7. The molecule has 0 spiro atoms. The van der Waals surface area contributed by atoms with E-state index in [9.17, 15) is 9.90 Å². The van der Waals surface area contributed by atoms with Crippen molar-refractivity contribution in [2.24, 2.45) is 11.7 Å². The van der Waals surface area contributed by atoms with Crippen molar-refractivity contribution in [2.45, 2.75) is 13.8 Å². The van der Waals surface area contributed by atoms with E-state index >= 15 is 0 Å². The number of urea groups is 1. The number of nitrogen functional groups attached to an aromatic ring is 1. The minimum atomic E-state index is -0.848. The highest BCUT2D eigenvalue weighted by atomic mass is 16.3. The van der Waals surface area contributed by atoms with Crippen molar-refractivity contribution >= 4 is 34.6 Å². The number of rotatable bonds is 5. The lowest BCUT2D eigenvalue weighted by Crippen LogP contribution is -2.44. The summed E-state index contributed by atoms with van der Waals surface area (Å²) in [5.41, 5.74) is 14.0. The number of nitrogens with zero attached hydrogens (tertiary/aromatic N) is 3. The number of nitrogens with one attached hydrogen (secondary N) is 2. The van der Waals surface area contributed by atoms with Crippen LogP contribution in [0.3, 0.4) is 0 Å². The fourth-order valence-corrected chi connectivity index (χ4v) is 3.70. The summed E-state index contributed by atoms with van der Waals surface area (Å²) in [4.78, 5) is 17.8. The number of hydrogen-bond acceptors (Lipinski definition) is 7. The molecule has 32 heavy (non-hydrogen) atoms. The summed E-state index contributed by atoms with van der Waals surface area (Å²) in [6.07, 6.45) is 0. The van der Waals surface area contributed by atoms with Crippen LogP contribution in [0.5, 0.6) is 5.75 Å². The molecule has 7 N–H and O–H groups in total. The normalized spacial score (nSPS) is 14.4. The minimum absolute atomic E-state index is 0.0709. The maximum absolute atomic E-state index is 12.3. The van der Waals surface area contributed by atoms with Gasteiger partial charge >= 0.3 is 6.03 Å². The van der Waals surface area contributed by atoms with Crippen molar-refractivity contribution in [3.05, 3.63) is 47.5 Å². The van der Waals surface area contributed by atoms with Crippen molar-refractivity contribution in [1.82, 2.24) is 4.90 Å². The molecule has 3 rings (SSSR count). The number of benzene rings is 2. The van der Waals surface area contributed by atoms with Crippen LogP contribution >= 0.6 is 0 Å². The van der Waals surface area contributed by atoms with Gasteiger partial charge in [0.2, 0.25) is 0 Å². The van der Waals surface area contributed by atoms with Crippen molar-refractivity contribution in [3.63, 3.8) is 0 Å². The second kappa shape index (κ2) is 9.27. The fourth-order valence-electron chi connectivity index (χ4n) is 3.70. The molecule has 0 aliphatic carbocycles. The summed E-state index contributed by atoms with van der Waals surface area (Å²) in [7, 11) is 2.09. The Hall–Kier alpha value is -3.59. The van der Waals surface area contributed by atoms with E-state index in [0.717, 1.165) is 36.8 Å². The number of phenols is 1. The summed E-state index contributed by atoms with van der Waals surface area (Å²) in [5.74, 6) is -0.647. The van der Waals surface area contributed by atoms with Gasteiger partial charge in [-0.1, -0.05) is 13.8 Å². The average Bonchev–Trinajstić information content (AvgIpc) is 2.74. The predicted octanol–water partition coefficient (Wildman–Crippen LogP) is 2.66. The number of anilines is 3. The molecule has 1 heterocycles. The Morgan fingerprint density at radius 1 is 1.06 bits per heavy atom. The van der Waals surface area contributed by atoms with Crippen LogP contribution in [0.2, 0.25) is 0 Å². The zero-order chi connectivity index (χ0) is 23.6. The van der Waals surface area contributed by atoms with Gasteiger partial charge in [0.1, 0.15) is 11.6 Å². The van der Waals surface area contributed by atoms with Gasteiger partial charge in [-0.25, -0.2) is 9.69 Å². The van der Waals surface area contributed by atoms with Crippen LogP contribution in [0.4, 0.5) is 21.9 Å². The summed E-state index contributed by atoms with van der Waals surface area (Å²) in [5, 5.41) is 27.3. The number of carbonyl (C=O) groups is 1. The summed E-state index contributed by atoms with van der Waals surface area (Å²) < 4.78 is 0. The largest absolute Gasteiger partial charge is 0.507 e. The van der Waals surface area contributed by atoms with Crippen molar-refractivity contribution in [2.75, 3.05) is 48.8 Å². The molecule has 0 unspecified atom stereocenters. The van der Waals surface area contributed by atoms with Gasteiger partial charge in [-0.3, -0.25) is 5.41 Å². The minimum Gasteiger partial charge on any atom is -0.507 e. The maximum atomic E-state index is 12.3. The van der Waals surface area contributed by atoms with Gasteiger partial charge < -0.3 is 31.8 Å². The number of amidine groups is 1. The van der Waals surface area contributed by atoms with Crippen LogP contribution in [0, 0.1) is 16.7 Å². The number of carbonyl (C=O) groups excluding carboxylic acids is 1. The lowest BCUT2D eigenvalue weighted by atomic mass is 9.96. The van der Waals surface area contributed by atoms with Gasteiger partial charge in [0.15, 0.2) is 0 Å². The Bertz CT molecular complexity index is 1030. The highest BCUT2D eigenvalue weighted by Gasteiger charge is 2.24. The molecule has 2 aromatic rings. The van der Waals surface area contributed by atoms with E-state index in [-0.39, 0.29) is 34.5 Å². The first-order valence-corrected chi connectivity index (χ1v) is 10.5. The third-order valence-electron chi connectivity index (χ3n) is 5.71. The Morgan fingerprint density at radius 2 is 1.66 bits per heavy atom. The molecule has 1 aliphatic heterocycles. The van der Waals surface area contributed by atoms with Crippen LogP contribution in [-0.2, 0) is 0 Å². The number of nitrogens with two attached hydrogens (primary N) is 2. The van der Waals surface area contributed by atoms with E-state index in [1.54, 1.807) is 12.1 Å². The first-order valence-electron chi connectivity index (χ1n) is 10.5. The summed E-state index contributed by atoms with van der Waals surface area (Å²) in [6.45, 7) is 7.49. The number of primary amides is 1. The summed E-state index contributed by atoms with van der Waals surface area (Å²) in [6, 6.07) is 9.17. The first-order chi connectivity index (χ1) is 15.1. The molecule has 170 valence electrons. The quantitative estimate of drug-likeness (QED) is 0.277. The molecule has 0 aromatic heterocycles. The highest BCUT2D eigenvalue weighted by Crippen LogP contribution is 2.30. The standard InChI is InChI=1S/C23H31N7O2/c1-14(2)21(25)17-12-18(20(31)13-19(17)24)22(26)30(23(27)32)16-6-4-15(5-7-16)29-10-8-28(3)9-11-29/h4-7,12-14,25-26,31H,8-11,24H2,1-3H3,(H2,27,32). The molecular weight excluding hydrogens is 406 g/mol. The first kappa shape index (κ1) is 23.1. The molecule has 0 radical (unpaired) electrons. The lowest BCUT2D eigenvalue weighted by molar-refractivity contribution is 0.256. The van der Waals surface area contributed by atoms with E-state index < -0.39 is 6.03 Å². The third-order valence-corrected chi connectivity index (χ3v) is 5.71. The van der Waals surface area contributed by atoms with Gasteiger partial charge in [0.25, 0.3) is 0 Å². The Morgan fingerprint density at radius 3 is 2.19 bits per heavy atom. The second-order valence-corrected chi connectivity index (χ2v) is 8.35. The Balaban J connectivity index is 1.92. The number of amides is 2. The van der Waals surface area contributed by atoms with Crippen LogP contribution in [0.25, 0.3) is 0 Å². The molecule has 0 atom stereocenters. The zero-order valence-corrected chi connectivity index (χ0v) is 18.7. The highest BCUT2D eigenvalue weighted by molar-refractivity contribution is 6.23. The van der Waals surface area contributed by atoms with Crippen molar-refractivity contribution in [3.8, 4) is 5.75 Å². The topological polar surface area (TPSA) is 147 Å².